The molecule has 3 rings (SSSR count). The number of anilines is 1. The van der Waals surface area contributed by atoms with Crippen molar-refractivity contribution in [1.82, 2.24) is 4.90 Å². The maximum atomic E-state index is 12.4. The highest BCUT2D eigenvalue weighted by Gasteiger charge is 2.23. The quantitative estimate of drug-likeness (QED) is 0.775. The number of aryl methyl sites for hydroxylation is 2. The van der Waals surface area contributed by atoms with Gasteiger partial charge in [-0.3, -0.25) is 9.69 Å². The molecule has 0 unspecified atom stereocenters. The highest BCUT2D eigenvalue weighted by Crippen LogP contribution is 2.28. The Morgan fingerprint density at radius 1 is 1.18 bits per heavy atom. The Balaban J connectivity index is 1.50. The molecule has 150 valence electrons. The van der Waals surface area contributed by atoms with Crippen LogP contribution in [0, 0.1) is 13.8 Å². The molecule has 1 fully saturated rings. The van der Waals surface area contributed by atoms with Crippen molar-refractivity contribution in [2.75, 3.05) is 32.1 Å². The van der Waals surface area contributed by atoms with Crippen LogP contribution in [0.15, 0.2) is 36.4 Å². The van der Waals surface area contributed by atoms with Crippen molar-refractivity contribution < 1.29 is 14.3 Å². The van der Waals surface area contributed by atoms with Crippen LogP contribution in [0.1, 0.15) is 24.0 Å². The first kappa shape index (κ1) is 20.5. The largest absolute Gasteiger partial charge is 0.495 e. The molecule has 0 aliphatic carbocycles. The molecule has 0 spiro atoms. The van der Waals surface area contributed by atoms with E-state index in [-0.39, 0.29) is 12.0 Å². The molecule has 1 aliphatic rings. The lowest BCUT2D eigenvalue weighted by Gasteiger charge is -2.32. The van der Waals surface area contributed by atoms with Crippen molar-refractivity contribution in [2.45, 2.75) is 32.8 Å². The molecule has 5 nitrogen and oxygen atoms in total. The average Bonchev–Trinajstić information content (AvgIpc) is 2.66. The van der Waals surface area contributed by atoms with E-state index >= 15 is 0 Å². The van der Waals surface area contributed by atoms with Crippen LogP contribution in [0.3, 0.4) is 0 Å². The Hall–Kier alpha value is -2.24. The standard InChI is InChI=1S/C22H27ClN2O3/c1-15-5-4-6-16(2)22(15)28-18-9-11-25(12-10-18)14-21(26)24-19-13-17(23)7-8-20(19)27-3/h4-8,13,18H,9-12,14H2,1-3H3,(H,24,26). The first-order valence-electron chi connectivity index (χ1n) is 9.55. The maximum absolute atomic E-state index is 12.4. The molecule has 0 radical (unpaired) electrons. The fourth-order valence-electron chi connectivity index (χ4n) is 3.51. The van der Waals surface area contributed by atoms with Crippen LogP contribution >= 0.6 is 11.6 Å². The summed E-state index contributed by atoms with van der Waals surface area (Å²) >= 11 is 6.02. The zero-order valence-corrected chi connectivity index (χ0v) is 17.4. The molecule has 1 saturated heterocycles. The monoisotopic (exact) mass is 402 g/mol. The second-order valence-electron chi connectivity index (χ2n) is 7.21. The van der Waals surface area contributed by atoms with Gasteiger partial charge in [0.25, 0.3) is 0 Å². The molecule has 0 atom stereocenters. The minimum atomic E-state index is -0.0744. The second-order valence-corrected chi connectivity index (χ2v) is 7.64. The van der Waals surface area contributed by atoms with Crippen molar-refractivity contribution in [3.05, 3.63) is 52.5 Å². The number of nitrogens with zero attached hydrogens (tertiary/aromatic N) is 1. The van der Waals surface area contributed by atoms with Crippen molar-refractivity contribution in [2.24, 2.45) is 0 Å². The lowest BCUT2D eigenvalue weighted by atomic mass is 10.1. The number of piperidine rings is 1. The third-order valence-corrected chi connectivity index (χ3v) is 5.27. The lowest BCUT2D eigenvalue weighted by Crippen LogP contribution is -2.42. The fraction of sp³-hybridized carbons (Fsp3) is 0.409. The predicted molar refractivity (Wildman–Crippen MR) is 113 cm³/mol. The summed E-state index contributed by atoms with van der Waals surface area (Å²) in [5.41, 5.74) is 2.92. The number of hydrogen-bond acceptors (Lipinski definition) is 4. The van der Waals surface area contributed by atoms with Crippen LogP contribution < -0.4 is 14.8 Å². The molecule has 1 heterocycles. The van der Waals surface area contributed by atoms with Gasteiger partial charge >= 0.3 is 0 Å². The van der Waals surface area contributed by atoms with E-state index in [1.807, 2.05) is 6.07 Å². The summed E-state index contributed by atoms with van der Waals surface area (Å²) in [6.45, 7) is 6.15. The molecule has 1 aliphatic heterocycles. The number of carbonyl (C=O) groups excluding carboxylic acids is 1. The van der Waals surface area contributed by atoms with Gasteiger partial charge < -0.3 is 14.8 Å². The third kappa shape index (κ3) is 5.18. The molecular formula is C22H27ClN2O3. The zero-order chi connectivity index (χ0) is 20.1. The van der Waals surface area contributed by atoms with Gasteiger partial charge in [0, 0.05) is 18.1 Å². The Morgan fingerprint density at radius 2 is 1.86 bits per heavy atom. The van der Waals surface area contributed by atoms with Crippen LogP contribution in [0.2, 0.25) is 5.02 Å². The first-order chi connectivity index (χ1) is 13.5. The number of likely N-dealkylation sites (tertiary alicyclic amines) is 1. The Bertz CT molecular complexity index is 812. The van der Waals surface area contributed by atoms with E-state index in [2.05, 4.69) is 36.2 Å². The fourth-order valence-corrected chi connectivity index (χ4v) is 3.68. The van der Waals surface area contributed by atoms with Gasteiger partial charge in [-0.1, -0.05) is 29.8 Å². The Labute approximate surface area is 171 Å². The molecule has 6 heteroatoms. The van der Waals surface area contributed by atoms with Gasteiger partial charge in [-0.15, -0.1) is 0 Å². The number of benzene rings is 2. The summed E-state index contributed by atoms with van der Waals surface area (Å²) in [6.07, 6.45) is 2.00. The van der Waals surface area contributed by atoms with Crippen LogP contribution in [0.4, 0.5) is 5.69 Å². The second kappa shape index (κ2) is 9.30. The number of carbonyl (C=O) groups is 1. The van der Waals surface area contributed by atoms with Crippen LogP contribution in [0.25, 0.3) is 0 Å². The van der Waals surface area contributed by atoms with E-state index in [0.29, 0.717) is 23.0 Å². The average molecular weight is 403 g/mol. The van der Waals surface area contributed by atoms with Gasteiger partial charge in [0.1, 0.15) is 17.6 Å². The van der Waals surface area contributed by atoms with E-state index in [4.69, 9.17) is 21.1 Å². The van der Waals surface area contributed by atoms with Gasteiger partial charge in [0.2, 0.25) is 5.91 Å². The van der Waals surface area contributed by atoms with Crippen molar-refractivity contribution in [3.63, 3.8) is 0 Å². The topological polar surface area (TPSA) is 50.8 Å². The highest BCUT2D eigenvalue weighted by atomic mass is 35.5. The summed E-state index contributed by atoms with van der Waals surface area (Å²) in [5, 5.41) is 3.45. The number of methoxy groups -OCH3 is 1. The molecular weight excluding hydrogens is 376 g/mol. The summed E-state index contributed by atoms with van der Waals surface area (Å²) in [4.78, 5) is 14.6. The molecule has 2 aromatic carbocycles. The molecule has 28 heavy (non-hydrogen) atoms. The van der Waals surface area contributed by atoms with Crippen LogP contribution in [-0.2, 0) is 4.79 Å². The number of nitrogens with one attached hydrogen (secondary N) is 1. The smallest absolute Gasteiger partial charge is 0.238 e. The van der Waals surface area contributed by atoms with Gasteiger partial charge in [0.15, 0.2) is 0 Å². The Morgan fingerprint density at radius 3 is 2.50 bits per heavy atom. The van der Waals surface area contributed by atoms with E-state index in [0.717, 1.165) is 42.8 Å². The van der Waals surface area contributed by atoms with Crippen LogP contribution in [-0.4, -0.2) is 43.7 Å². The summed E-state index contributed by atoms with van der Waals surface area (Å²) in [7, 11) is 1.57. The van der Waals surface area contributed by atoms with Gasteiger partial charge in [0.05, 0.1) is 19.3 Å². The van der Waals surface area contributed by atoms with E-state index in [1.54, 1.807) is 25.3 Å². The minimum Gasteiger partial charge on any atom is -0.495 e. The number of rotatable bonds is 6. The molecule has 0 aromatic heterocycles. The third-order valence-electron chi connectivity index (χ3n) is 5.03. The molecule has 0 bridgehead atoms. The number of hydrogen-bond donors (Lipinski definition) is 1. The van der Waals surface area contributed by atoms with E-state index in [9.17, 15) is 4.79 Å². The minimum absolute atomic E-state index is 0.0744. The van der Waals surface area contributed by atoms with Crippen molar-refractivity contribution >= 4 is 23.2 Å². The SMILES string of the molecule is COc1ccc(Cl)cc1NC(=O)CN1CCC(Oc2c(C)cccc2C)CC1. The number of amides is 1. The molecule has 0 saturated carbocycles. The lowest BCUT2D eigenvalue weighted by molar-refractivity contribution is -0.117. The van der Waals surface area contributed by atoms with E-state index < -0.39 is 0 Å². The number of para-hydroxylation sites is 1. The highest BCUT2D eigenvalue weighted by molar-refractivity contribution is 6.31. The van der Waals surface area contributed by atoms with Crippen molar-refractivity contribution in [1.29, 1.82) is 0 Å². The normalized spacial score (nSPS) is 15.3. The van der Waals surface area contributed by atoms with E-state index in [1.165, 1.54) is 0 Å². The summed E-state index contributed by atoms with van der Waals surface area (Å²) in [5.74, 6) is 1.51. The van der Waals surface area contributed by atoms with Gasteiger partial charge in [-0.05, 0) is 56.0 Å². The Kier molecular flexibility index (Phi) is 6.81. The first-order valence-corrected chi connectivity index (χ1v) is 9.92. The zero-order valence-electron chi connectivity index (χ0n) is 16.6. The molecule has 1 N–H and O–H groups in total. The van der Waals surface area contributed by atoms with Crippen LogP contribution in [0.5, 0.6) is 11.5 Å². The maximum Gasteiger partial charge on any atom is 0.238 e. The summed E-state index contributed by atoms with van der Waals surface area (Å²) in [6, 6.07) is 11.4. The van der Waals surface area contributed by atoms with Crippen molar-refractivity contribution in [3.8, 4) is 11.5 Å². The number of ether oxygens (including phenoxy) is 2. The molecule has 1 amide bonds. The molecule has 2 aromatic rings. The van der Waals surface area contributed by atoms with Gasteiger partial charge in [-0.25, -0.2) is 0 Å². The number of halogens is 1. The predicted octanol–water partition coefficient (Wildman–Crippen LogP) is 4.45. The summed E-state index contributed by atoms with van der Waals surface area (Å²) < 4.78 is 11.5. The van der Waals surface area contributed by atoms with Gasteiger partial charge in [-0.2, -0.15) is 0 Å².